The maximum atomic E-state index is 11.2. The fourth-order valence-electron chi connectivity index (χ4n) is 1.48. The molecule has 78 valence electrons. The Balaban J connectivity index is 2.52. The minimum Gasteiger partial charge on any atom is -0.450 e. The Morgan fingerprint density at radius 3 is 2.79 bits per heavy atom. The molecule has 0 spiro atoms. The molecule has 0 aromatic rings. The maximum absolute atomic E-state index is 11.2. The number of rotatable bonds is 2. The van der Waals surface area contributed by atoms with Crippen LogP contribution in [0, 0.1) is 11.3 Å². The molecule has 1 fully saturated rings. The lowest BCUT2D eigenvalue weighted by Crippen LogP contribution is -2.53. The smallest absolute Gasteiger partial charge is 0.408 e. The third kappa shape index (κ3) is 2.60. The summed E-state index contributed by atoms with van der Waals surface area (Å²) in [6.45, 7) is 3.56. The number of carbonyl (C=O) groups is 1. The first kappa shape index (κ1) is 10.8. The topological polar surface area (TPSA) is 74.1 Å². The van der Waals surface area contributed by atoms with Crippen LogP contribution in [0.2, 0.25) is 0 Å². The van der Waals surface area contributed by atoms with Crippen LogP contribution in [-0.4, -0.2) is 31.3 Å². The Hall–Kier alpha value is -1.28. The molecule has 1 rings (SSSR count). The molecule has 0 unspecified atom stereocenters. The van der Waals surface area contributed by atoms with Crippen molar-refractivity contribution in [2.24, 2.45) is 0 Å². The second kappa shape index (κ2) is 4.82. The molecule has 1 amide bonds. The van der Waals surface area contributed by atoms with Crippen molar-refractivity contribution in [1.82, 2.24) is 10.6 Å². The Labute approximate surface area is 83.4 Å². The van der Waals surface area contributed by atoms with Crippen LogP contribution in [-0.2, 0) is 4.74 Å². The second-order valence-corrected chi connectivity index (χ2v) is 3.29. The monoisotopic (exact) mass is 197 g/mol. The van der Waals surface area contributed by atoms with E-state index in [0.717, 1.165) is 13.1 Å². The predicted octanol–water partition coefficient (Wildman–Crippen LogP) is 0.378. The molecule has 0 atom stereocenters. The van der Waals surface area contributed by atoms with Crippen molar-refractivity contribution < 1.29 is 9.53 Å². The highest BCUT2D eigenvalue weighted by atomic mass is 16.5. The van der Waals surface area contributed by atoms with E-state index in [2.05, 4.69) is 16.7 Å². The van der Waals surface area contributed by atoms with Gasteiger partial charge in [0.05, 0.1) is 12.7 Å². The van der Waals surface area contributed by atoms with Crippen molar-refractivity contribution in [2.75, 3.05) is 19.7 Å². The van der Waals surface area contributed by atoms with Crippen LogP contribution in [0.25, 0.3) is 0 Å². The van der Waals surface area contributed by atoms with Crippen molar-refractivity contribution in [3.05, 3.63) is 0 Å². The lowest BCUT2D eigenvalue weighted by atomic mass is 9.90. The van der Waals surface area contributed by atoms with Crippen molar-refractivity contribution in [3.63, 3.8) is 0 Å². The third-order valence-electron chi connectivity index (χ3n) is 2.29. The van der Waals surface area contributed by atoms with E-state index in [1.54, 1.807) is 6.92 Å². The van der Waals surface area contributed by atoms with Crippen LogP contribution < -0.4 is 10.6 Å². The van der Waals surface area contributed by atoms with Gasteiger partial charge in [0.15, 0.2) is 0 Å². The highest BCUT2D eigenvalue weighted by Gasteiger charge is 2.33. The van der Waals surface area contributed by atoms with Gasteiger partial charge in [0.25, 0.3) is 0 Å². The molecular weight excluding hydrogens is 182 g/mol. The minimum absolute atomic E-state index is 0.325. The van der Waals surface area contributed by atoms with E-state index in [4.69, 9.17) is 10.00 Å². The van der Waals surface area contributed by atoms with Crippen molar-refractivity contribution in [2.45, 2.75) is 25.3 Å². The second-order valence-electron chi connectivity index (χ2n) is 3.29. The fourth-order valence-corrected chi connectivity index (χ4v) is 1.48. The molecule has 0 aromatic carbocycles. The average molecular weight is 197 g/mol. The first-order valence-corrected chi connectivity index (χ1v) is 4.79. The number of amides is 1. The summed E-state index contributed by atoms with van der Waals surface area (Å²) in [7, 11) is 0. The Bertz CT molecular complexity index is 241. The van der Waals surface area contributed by atoms with Crippen LogP contribution in [0.5, 0.6) is 0 Å². The molecule has 1 heterocycles. The molecule has 14 heavy (non-hydrogen) atoms. The average Bonchev–Trinajstić information content (AvgIpc) is 2.19. The van der Waals surface area contributed by atoms with E-state index >= 15 is 0 Å². The molecular formula is C9H15N3O2. The summed E-state index contributed by atoms with van der Waals surface area (Å²) >= 11 is 0. The Kier molecular flexibility index (Phi) is 3.72. The molecule has 1 aliphatic heterocycles. The summed E-state index contributed by atoms with van der Waals surface area (Å²) in [5.74, 6) is 0. The number of hydrogen-bond acceptors (Lipinski definition) is 4. The summed E-state index contributed by atoms with van der Waals surface area (Å²) in [4.78, 5) is 11.2. The van der Waals surface area contributed by atoms with Gasteiger partial charge in [0.2, 0.25) is 0 Å². The summed E-state index contributed by atoms with van der Waals surface area (Å²) < 4.78 is 4.75. The van der Waals surface area contributed by atoms with E-state index < -0.39 is 11.6 Å². The first-order chi connectivity index (χ1) is 6.72. The number of nitrogens with one attached hydrogen (secondary N) is 2. The van der Waals surface area contributed by atoms with Crippen LogP contribution in [0.4, 0.5) is 4.79 Å². The zero-order valence-corrected chi connectivity index (χ0v) is 8.30. The van der Waals surface area contributed by atoms with E-state index in [1.165, 1.54) is 0 Å². The van der Waals surface area contributed by atoms with Crippen LogP contribution >= 0.6 is 0 Å². The van der Waals surface area contributed by atoms with Gasteiger partial charge in [0.1, 0.15) is 5.54 Å². The van der Waals surface area contributed by atoms with Crippen molar-refractivity contribution in [1.29, 1.82) is 5.26 Å². The van der Waals surface area contributed by atoms with Gasteiger partial charge in [-0.15, -0.1) is 0 Å². The molecule has 5 heteroatoms. The van der Waals surface area contributed by atoms with Gasteiger partial charge in [-0.3, -0.25) is 0 Å². The number of piperidine rings is 1. The highest BCUT2D eigenvalue weighted by molar-refractivity contribution is 5.69. The largest absolute Gasteiger partial charge is 0.450 e. The number of nitrogens with zero attached hydrogens (tertiary/aromatic N) is 1. The lowest BCUT2D eigenvalue weighted by molar-refractivity contribution is 0.139. The van der Waals surface area contributed by atoms with E-state index in [1.807, 2.05) is 0 Å². The van der Waals surface area contributed by atoms with E-state index in [0.29, 0.717) is 19.4 Å². The summed E-state index contributed by atoms with van der Waals surface area (Å²) in [6, 6.07) is 2.15. The minimum atomic E-state index is -0.739. The third-order valence-corrected chi connectivity index (χ3v) is 2.29. The molecule has 0 aliphatic carbocycles. The number of hydrogen-bond donors (Lipinski definition) is 2. The number of alkyl carbamates (subject to hydrolysis) is 1. The summed E-state index contributed by atoms with van der Waals surface area (Å²) in [5.41, 5.74) is -0.739. The molecule has 0 saturated carbocycles. The van der Waals surface area contributed by atoms with Gasteiger partial charge < -0.3 is 15.4 Å². The number of carbonyl (C=O) groups excluding carboxylic acids is 1. The van der Waals surface area contributed by atoms with E-state index in [9.17, 15) is 4.79 Å². The normalized spacial score (nSPS) is 19.4. The fraction of sp³-hybridized carbons (Fsp3) is 0.778. The molecule has 0 bridgehead atoms. The molecule has 5 nitrogen and oxygen atoms in total. The van der Waals surface area contributed by atoms with Gasteiger partial charge >= 0.3 is 6.09 Å². The van der Waals surface area contributed by atoms with Crippen LogP contribution in [0.15, 0.2) is 0 Å². The van der Waals surface area contributed by atoms with Gasteiger partial charge in [0, 0.05) is 0 Å². The molecule has 0 aromatic heterocycles. The summed E-state index contributed by atoms with van der Waals surface area (Å²) in [6.07, 6.45) is 0.751. The SMILES string of the molecule is CCOC(=O)NC1(C#N)CCNCC1. The number of nitriles is 1. The quantitative estimate of drug-likeness (QED) is 0.671. The predicted molar refractivity (Wildman–Crippen MR) is 50.6 cm³/mol. The molecule has 1 aliphatic rings. The summed E-state index contributed by atoms with van der Waals surface area (Å²) in [5, 5.41) is 14.8. The lowest BCUT2D eigenvalue weighted by Gasteiger charge is -2.31. The first-order valence-electron chi connectivity index (χ1n) is 4.79. The molecule has 0 radical (unpaired) electrons. The van der Waals surface area contributed by atoms with Gasteiger partial charge in [-0.05, 0) is 32.9 Å². The highest BCUT2D eigenvalue weighted by Crippen LogP contribution is 2.16. The standard InChI is InChI=1S/C9H15N3O2/c1-2-14-8(13)12-9(7-10)3-5-11-6-4-9/h11H,2-6H2,1H3,(H,12,13). The Morgan fingerprint density at radius 1 is 1.64 bits per heavy atom. The maximum Gasteiger partial charge on any atom is 0.408 e. The number of ether oxygens (including phenoxy) is 1. The van der Waals surface area contributed by atoms with Crippen molar-refractivity contribution in [3.8, 4) is 6.07 Å². The van der Waals surface area contributed by atoms with E-state index in [-0.39, 0.29) is 0 Å². The van der Waals surface area contributed by atoms with Gasteiger partial charge in [-0.25, -0.2) is 4.79 Å². The van der Waals surface area contributed by atoms with Crippen LogP contribution in [0.1, 0.15) is 19.8 Å². The van der Waals surface area contributed by atoms with Crippen molar-refractivity contribution >= 4 is 6.09 Å². The Morgan fingerprint density at radius 2 is 2.29 bits per heavy atom. The van der Waals surface area contributed by atoms with Crippen LogP contribution in [0.3, 0.4) is 0 Å². The van der Waals surface area contributed by atoms with Gasteiger partial charge in [-0.1, -0.05) is 0 Å². The van der Waals surface area contributed by atoms with Gasteiger partial charge in [-0.2, -0.15) is 5.26 Å². The zero-order valence-electron chi connectivity index (χ0n) is 8.30. The molecule has 1 saturated heterocycles. The zero-order chi connectivity index (χ0) is 10.4. The molecule has 2 N–H and O–H groups in total.